The van der Waals surface area contributed by atoms with Gasteiger partial charge in [0.05, 0.1) is 17.9 Å². The van der Waals surface area contributed by atoms with E-state index in [0.717, 1.165) is 11.6 Å². The predicted molar refractivity (Wildman–Crippen MR) is 112 cm³/mol. The van der Waals surface area contributed by atoms with E-state index in [1.165, 1.54) is 18.2 Å². The lowest BCUT2D eigenvalue weighted by Gasteiger charge is -2.13. The third-order valence-corrected chi connectivity index (χ3v) is 4.77. The number of esters is 1. The highest BCUT2D eigenvalue weighted by atomic mass is 19.4. The van der Waals surface area contributed by atoms with E-state index in [1.807, 2.05) is 30.3 Å². The van der Waals surface area contributed by atoms with E-state index >= 15 is 0 Å². The number of amides is 1. The van der Waals surface area contributed by atoms with Crippen molar-refractivity contribution in [2.24, 2.45) is 0 Å². The van der Waals surface area contributed by atoms with Gasteiger partial charge in [0.1, 0.15) is 11.3 Å². The highest BCUT2D eigenvalue weighted by molar-refractivity contribution is 5.93. The minimum atomic E-state index is -4.85. The Kier molecular flexibility index (Phi) is 7.37. The molecule has 0 fully saturated rings. The molecule has 0 spiro atoms. The Labute approximate surface area is 188 Å². The van der Waals surface area contributed by atoms with Crippen molar-refractivity contribution >= 4 is 11.9 Å². The van der Waals surface area contributed by atoms with Gasteiger partial charge in [-0.3, -0.25) is 9.48 Å². The molecule has 0 aliphatic rings. The van der Waals surface area contributed by atoms with E-state index in [1.54, 1.807) is 18.5 Å². The van der Waals surface area contributed by atoms with E-state index in [9.17, 15) is 22.8 Å². The molecule has 1 amide bonds. The molecular formula is C23H22F3N3O4. The number of para-hydroxylation sites is 1. The molecule has 0 saturated heterocycles. The third kappa shape index (κ3) is 6.58. The number of benzene rings is 2. The highest BCUT2D eigenvalue weighted by Gasteiger charge is 2.32. The summed E-state index contributed by atoms with van der Waals surface area (Å²) in [6, 6.07) is 15.0. The van der Waals surface area contributed by atoms with Gasteiger partial charge in [-0.15, -0.1) is 13.2 Å². The molecule has 33 heavy (non-hydrogen) atoms. The van der Waals surface area contributed by atoms with Crippen molar-refractivity contribution in [1.82, 2.24) is 15.1 Å². The number of nitrogens with one attached hydrogen (secondary N) is 1. The Morgan fingerprint density at radius 2 is 1.70 bits per heavy atom. The number of alkyl halides is 3. The Hall–Kier alpha value is -3.82. The summed E-state index contributed by atoms with van der Waals surface area (Å²) in [5, 5.41) is 6.79. The second-order valence-corrected chi connectivity index (χ2v) is 7.20. The van der Waals surface area contributed by atoms with E-state index in [0.29, 0.717) is 17.9 Å². The zero-order chi connectivity index (χ0) is 24.0. The lowest BCUT2D eigenvalue weighted by atomic mass is 10.2. The summed E-state index contributed by atoms with van der Waals surface area (Å²) in [6.45, 7) is 3.06. The molecule has 3 rings (SSSR count). The van der Waals surface area contributed by atoms with Gasteiger partial charge in [-0.25, -0.2) is 4.79 Å². The number of rotatable bonds is 8. The van der Waals surface area contributed by atoms with Crippen molar-refractivity contribution in [3.63, 3.8) is 0 Å². The number of aromatic nitrogens is 2. The van der Waals surface area contributed by atoms with E-state index in [2.05, 4.69) is 15.2 Å². The van der Waals surface area contributed by atoms with Crippen LogP contribution >= 0.6 is 0 Å². The van der Waals surface area contributed by atoms with Crippen LogP contribution in [0.2, 0.25) is 0 Å². The molecule has 0 bridgehead atoms. The maximum absolute atomic E-state index is 12.5. The van der Waals surface area contributed by atoms with Crippen LogP contribution < -0.4 is 10.1 Å². The molecule has 1 heterocycles. The molecular weight excluding hydrogens is 439 g/mol. The van der Waals surface area contributed by atoms with Crippen LogP contribution in [0.5, 0.6) is 5.75 Å². The standard InChI is InChI=1S/C23H22F3N3O4/c1-15-21(16(2)29(28-15)13-17-8-4-3-5-9-17)22(31)32-14-20(30)27-12-18-10-6-7-11-19(18)33-23(24,25)26/h3-11H,12-14H2,1-2H3,(H,27,30). The number of ether oxygens (including phenoxy) is 2. The monoisotopic (exact) mass is 461 g/mol. The Morgan fingerprint density at radius 1 is 1.03 bits per heavy atom. The zero-order valence-electron chi connectivity index (χ0n) is 18.0. The van der Waals surface area contributed by atoms with Crippen molar-refractivity contribution < 1.29 is 32.2 Å². The van der Waals surface area contributed by atoms with Gasteiger partial charge in [0.25, 0.3) is 5.91 Å². The maximum Gasteiger partial charge on any atom is 0.573 e. The summed E-state index contributed by atoms with van der Waals surface area (Å²) in [4.78, 5) is 24.6. The second kappa shape index (κ2) is 10.2. The predicted octanol–water partition coefficient (Wildman–Crippen LogP) is 3.92. The second-order valence-electron chi connectivity index (χ2n) is 7.20. The van der Waals surface area contributed by atoms with Crippen LogP contribution in [0.15, 0.2) is 54.6 Å². The fraction of sp³-hybridized carbons (Fsp3) is 0.261. The van der Waals surface area contributed by atoms with E-state index < -0.39 is 30.6 Å². The molecule has 0 aliphatic carbocycles. The summed E-state index contributed by atoms with van der Waals surface area (Å²) < 4.78 is 48.2. The van der Waals surface area contributed by atoms with Gasteiger partial charge < -0.3 is 14.8 Å². The summed E-state index contributed by atoms with van der Waals surface area (Å²) >= 11 is 0. The van der Waals surface area contributed by atoms with E-state index in [-0.39, 0.29) is 17.7 Å². The molecule has 0 radical (unpaired) electrons. The largest absolute Gasteiger partial charge is 0.573 e. The number of halogens is 3. The fourth-order valence-electron chi connectivity index (χ4n) is 3.22. The fourth-order valence-corrected chi connectivity index (χ4v) is 3.22. The van der Waals surface area contributed by atoms with Gasteiger partial charge in [0.2, 0.25) is 0 Å². The van der Waals surface area contributed by atoms with Crippen molar-refractivity contribution in [3.8, 4) is 5.75 Å². The van der Waals surface area contributed by atoms with Gasteiger partial charge in [-0.05, 0) is 25.5 Å². The first kappa shape index (κ1) is 23.8. The van der Waals surface area contributed by atoms with Crippen molar-refractivity contribution in [2.75, 3.05) is 6.61 Å². The SMILES string of the molecule is Cc1nn(Cc2ccccc2)c(C)c1C(=O)OCC(=O)NCc1ccccc1OC(F)(F)F. The number of hydrogen-bond donors (Lipinski definition) is 1. The molecule has 3 aromatic rings. The normalized spacial score (nSPS) is 11.2. The van der Waals surface area contributed by atoms with Crippen LogP contribution in [0.4, 0.5) is 13.2 Å². The Bertz CT molecular complexity index is 1130. The number of nitrogens with zero attached hydrogens (tertiary/aromatic N) is 2. The van der Waals surface area contributed by atoms with Crippen LogP contribution in [0.1, 0.15) is 32.9 Å². The molecule has 2 aromatic carbocycles. The number of carbonyl (C=O) groups is 2. The van der Waals surface area contributed by atoms with Crippen LogP contribution in [0.25, 0.3) is 0 Å². The van der Waals surface area contributed by atoms with Gasteiger partial charge in [0.15, 0.2) is 6.61 Å². The summed E-state index contributed by atoms with van der Waals surface area (Å²) in [5.74, 6) is -1.79. The number of hydrogen-bond acceptors (Lipinski definition) is 5. The number of aryl methyl sites for hydroxylation is 1. The third-order valence-electron chi connectivity index (χ3n) is 4.77. The summed E-state index contributed by atoms with van der Waals surface area (Å²) in [7, 11) is 0. The maximum atomic E-state index is 12.5. The average molecular weight is 461 g/mol. The first-order valence-electron chi connectivity index (χ1n) is 9.99. The molecule has 7 nitrogen and oxygen atoms in total. The van der Waals surface area contributed by atoms with Gasteiger partial charge >= 0.3 is 12.3 Å². The minimum absolute atomic E-state index is 0.128. The quantitative estimate of drug-likeness (QED) is 0.515. The molecule has 0 unspecified atom stereocenters. The molecule has 1 aromatic heterocycles. The highest BCUT2D eigenvalue weighted by Crippen LogP contribution is 2.26. The number of carbonyl (C=O) groups excluding carboxylic acids is 2. The smallest absolute Gasteiger partial charge is 0.452 e. The van der Waals surface area contributed by atoms with Crippen molar-refractivity contribution in [1.29, 1.82) is 0 Å². The van der Waals surface area contributed by atoms with Crippen LogP contribution in [-0.4, -0.2) is 34.6 Å². The van der Waals surface area contributed by atoms with Crippen LogP contribution in [-0.2, 0) is 22.6 Å². The van der Waals surface area contributed by atoms with E-state index in [4.69, 9.17) is 4.74 Å². The van der Waals surface area contributed by atoms with Crippen molar-refractivity contribution in [3.05, 3.63) is 82.7 Å². The Morgan fingerprint density at radius 3 is 2.39 bits per heavy atom. The lowest BCUT2D eigenvalue weighted by molar-refractivity contribution is -0.274. The molecule has 174 valence electrons. The molecule has 10 heteroatoms. The molecule has 0 aliphatic heterocycles. The lowest BCUT2D eigenvalue weighted by Crippen LogP contribution is -2.29. The minimum Gasteiger partial charge on any atom is -0.452 e. The van der Waals surface area contributed by atoms with Gasteiger partial charge in [0, 0.05) is 12.1 Å². The molecule has 1 N–H and O–H groups in total. The van der Waals surface area contributed by atoms with Crippen molar-refractivity contribution in [2.45, 2.75) is 33.3 Å². The summed E-state index contributed by atoms with van der Waals surface area (Å²) in [5.41, 5.74) is 2.47. The summed E-state index contributed by atoms with van der Waals surface area (Å²) in [6.07, 6.45) is -4.85. The average Bonchev–Trinajstić information content (AvgIpc) is 3.04. The first-order valence-corrected chi connectivity index (χ1v) is 9.99. The van der Waals surface area contributed by atoms with Crippen LogP contribution in [0.3, 0.4) is 0 Å². The van der Waals surface area contributed by atoms with Gasteiger partial charge in [-0.1, -0.05) is 48.5 Å². The zero-order valence-corrected chi connectivity index (χ0v) is 18.0. The van der Waals surface area contributed by atoms with Crippen LogP contribution in [0, 0.1) is 13.8 Å². The topological polar surface area (TPSA) is 82.5 Å². The van der Waals surface area contributed by atoms with Gasteiger partial charge in [-0.2, -0.15) is 5.10 Å². The molecule has 0 saturated carbocycles. The first-order chi connectivity index (χ1) is 15.6. The molecule has 0 atom stereocenters. The Balaban J connectivity index is 1.57.